The average molecular weight is 176 g/mol. The second-order valence-electron chi connectivity index (χ2n) is 2.56. The van der Waals surface area contributed by atoms with Crippen LogP contribution in [0.1, 0.15) is 5.82 Å². The molecular weight excluding hydrogens is 168 g/mol. The first-order valence-electron chi connectivity index (χ1n) is 3.76. The van der Waals surface area contributed by atoms with E-state index in [1.807, 2.05) is 0 Å². The number of hydrogen-bond acceptors (Lipinski definition) is 5. The van der Waals surface area contributed by atoms with Gasteiger partial charge < -0.3 is 10.2 Å². The Balaban J connectivity index is 2.57. The van der Waals surface area contributed by atoms with E-state index in [0.29, 0.717) is 23.1 Å². The van der Waals surface area contributed by atoms with E-state index in [9.17, 15) is 0 Å². The van der Waals surface area contributed by atoms with E-state index in [4.69, 9.17) is 10.2 Å². The normalized spacial score (nSPS) is 10.2. The van der Waals surface area contributed by atoms with Crippen molar-refractivity contribution in [2.24, 2.45) is 0 Å². The molecular formula is C8H8N4O. The van der Waals surface area contributed by atoms with E-state index < -0.39 is 0 Å². The molecule has 0 bridgehead atoms. The molecule has 0 aromatic carbocycles. The molecule has 0 saturated heterocycles. The lowest BCUT2D eigenvalue weighted by molar-refractivity contribution is 0.572. The fraction of sp³-hybridized carbons (Fsp3) is 0.125. The molecule has 0 atom stereocenters. The first-order valence-corrected chi connectivity index (χ1v) is 3.76. The molecule has 0 aliphatic rings. The molecule has 0 unspecified atom stereocenters. The van der Waals surface area contributed by atoms with Crippen LogP contribution in [0.2, 0.25) is 0 Å². The maximum absolute atomic E-state index is 5.66. The van der Waals surface area contributed by atoms with E-state index >= 15 is 0 Å². The van der Waals surface area contributed by atoms with Crippen molar-refractivity contribution in [3.63, 3.8) is 0 Å². The van der Waals surface area contributed by atoms with Crippen LogP contribution in [0.4, 0.5) is 5.69 Å². The number of oxazole rings is 1. The molecule has 0 amide bonds. The lowest BCUT2D eigenvalue weighted by Crippen LogP contribution is -1.97. The molecule has 0 aliphatic carbocycles. The molecule has 0 spiro atoms. The lowest BCUT2D eigenvalue weighted by Gasteiger charge is -1.99. The molecule has 13 heavy (non-hydrogen) atoms. The van der Waals surface area contributed by atoms with Gasteiger partial charge in [0.25, 0.3) is 0 Å². The quantitative estimate of drug-likeness (QED) is 0.701. The van der Waals surface area contributed by atoms with Gasteiger partial charge in [-0.15, -0.1) is 0 Å². The molecule has 2 rings (SSSR count). The summed E-state index contributed by atoms with van der Waals surface area (Å²) in [6, 6.07) is 0. The highest BCUT2D eigenvalue weighted by atomic mass is 16.3. The Kier molecular flexibility index (Phi) is 1.70. The van der Waals surface area contributed by atoms with Crippen LogP contribution in [0.3, 0.4) is 0 Å². The number of nitrogen functional groups attached to an aromatic ring is 1. The monoisotopic (exact) mass is 176 g/mol. The van der Waals surface area contributed by atoms with Crippen LogP contribution in [0.15, 0.2) is 23.1 Å². The van der Waals surface area contributed by atoms with Gasteiger partial charge in [0.1, 0.15) is 12.1 Å². The summed E-state index contributed by atoms with van der Waals surface area (Å²) in [5, 5.41) is 0. The van der Waals surface area contributed by atoms with Crippen LogP contribution in [-0.2, 0) is 0 Å². The molecule has 2 aromatic heterocycles. The number of anilines is 1. The van der Waals surface area contributed by atoms with Crippen LogP contribution in [0, 0.1) is 6.92 Å². The van der Waals surface area contributed by atoms with Gasteiger partial charge in [-0.1, -0.05) is 0 Å². The van der Waals surface area contributed by atoms with Crippen LogP contribution in [0.25, 0.3) is 11.6 Å². The van der Waals surface area contributed by atoms with Crippen molar-refractivity contribution in [3.05, 3.63) is 24.5 Å². The van der Waals surface area contributed by atoms with Crippen molar-refractivity contribution in [2.75, 3.05) is 5.73 Å². The second kappa shape index (κ2) is 2.85. The standard InChI is InChI=1S/C8H8N4O/c1-5-11-4-6(9)7(12-5)8-10-2-3-13-8/h2-4H,9H2,1H3. The SMILES string of the molecule is Cc1ncc(N)c(-c2ncco2)n1. The third-order valence-electron chi connectivity index (χ3n) is 1.57. The summed E-state index contributed by atoms with van der Waals surface area (Å²) in [7, 11) is 0. The highest BCUT2D eigenvalue weighted by Gasteiger charge is 2.08. The Labute approximate surface area is 74.6 Å². The van der Waals surface area contributed by atoms with Gasteiger partial charge in [0.2, 0.25) is 5.89 Å². The fourth-order valence-electron chi connectivity index (χ4n) is 0.991. The molecule has 66 valence electrons. The van der Waals surface area contributed by atoms with Crippen molar-refractivity contribution in [2.45, 2.75) is 6.92 Å². The van der Waals surface area contributed by atoms with Crippen molar-refractivity contribution in [1.82, 2.24) is 15.0 Å². The van der Waals surface area contributed by atoms with Crippen molar-refractivity contribution >= 4 is 5.69 Å². The number of aromatic nitrogens is 3. The van der Waals surface area contributed by atoms with Gasteiger partial charge >= 0.3 is 0 Å². The third-order valence-corrected chi connectivity index (χ3v) is 1.57. The number of nitrogens with two attached hydrogens (primary N) is 1. The summed E-state index contributed by atoms with van der Waals surface area (Å²) < 4.78 is 5.07. The Hall–Kier alpha value is -1.91. The number of nitrogens with zero attached hydrogens (tertiary/aromatic N) is 3. The smallest absolute Gasteiger partial charge is 0.247 e. The van der Waals surface area contributed by atoms with Gasteiger partial charge in [-0.3, -0.25) is 0 Å². The molecule has 2 N–H and O–H groups in total. The first-order chi connectivity index (χ1) is 6.27. The molecule has 0 fully saturated rings. The zero-order valence-electron chi connectivity index (χ0n) is 7.06. The minimum absolute atomic E-state index is 0.419. The number of hydrogen-bond donors (Lipinski definition) is 1. The van der Waals surface area contributed by atoms with Crippen LogP contribution in [-0.4, -0.2) is 15.0 Å². The highest BCUT2D eigenvalue weighted by molar-refractivity contribution is 5.64. The molecule has 0 radical (unpaired) electrons. The van der Waals surface area contributed by atoms with E-state index in [-0.39, 0.29) is 0 Å². The first kappa shape index (κ1) is 7.72. The van der Waals surface area contributed by atoms with E-state index in [2.05, 4.69) is 15.0 Å². The summed E-state index contributed by atoms with van der Waals surface area (Å²) in [6.45, 7) is 1.78. The predicted molar refractivity (Wildman–Crippen MR) is 46.7 cm³/mol. The van der Waals surface area contributed by atoms with Crippen LogP contribution >= 0.6 is 0 Å². The third kappa shape index (κ3) is 1.35. The van der Waals surface area contributed by atoms with Crippen molar-refractivity contribution in [1.29, 1.82) is 0 Å². The molecule has 2 heterocycles. The predicted octanol–water partition coefficient (Wildman–Crippen LogP) is 1.02. The molecule has 0 saturated carbocycles. The maximum Gasteiger partial charge on any atom is 0.247 e. The number of rotatable bonds is 1. The van der Waals surface area contributed by atoms with Gasteiger partial charge in [0.15, 0.2) is 5.69 Å². The summed E-state index contributed by atoms with van der Waals surface area (Å²) >= 11 is 0. The second-order valence-corrected chi connectivity index (χ2v) is 2.56. The number of aryl methyl sites for hydroxylation is 1. The van der Waals surface area contributed by atoms with E-state index in [0.717, 1.165) is 0 Å². The van der Waals surface area contributed by atoms with Gasteiger partial charge in [-0.25, -0.2) is 15.0 Å². The van der Waals surface area contributed by atoms with E-state index in [1.165, 1.54) is 6.26 Å². The Morgan fingerprint density at radius 1 is 1.38 bits per heavy atom. The van der Waals surface area contributed by atoms with Gasteiger partial charge in [0.05, 0.1) is 18.1 Å². The summed E-state index contributed by atoms with van der Waals surface area (Å²) in [4.78, 5) is 12.0. The zero-order valence-corrected chi connectivity index (χ0v) is 7.06. The lowest BCUT2D eigenvalue weighted by atomic mass is 10.3. The summed E-state index contributed by atoms with van der Waals surface area (Å²) in [5.41, 5.74) is 6.66. The van der Waals surface area contributed by atoms with E-state index in [1.54, 1.807) is 19.3 Å². The van der Waals surface area contributed by atoms with Crippen molar-refractivity contribution < 1.29 is 4.42 Å². The molecule has 0 aliphatic heterocycles. The minimum atomic E-state index is 0.419. The average Bonchev–Trinajstić information content (AvgIpc) is 2.61. The van der Waals surface area contributed by atoms with Gasteiger partial charge in [-0.2, -0.15) is 0 Å². The van der Waals surface area contributed by atoms with Crippen molar-refractivity contribution in [3.8, 4) is 11.6 Å². The molecule has 2 aromatic rings. The summed E-state index contributed by atoms with van der Waals surface area (Å²) in [5.74, 6) is 1.06. The molecule has 5 heteroatoms. The fourth-order valence-corrected chi connectivity index (χ4v) is 0.991. The Morgan fingerprint density at radius 3 is 2.92 bits per heavy atom. The Bertz CT molecular complexity index is 410. The van der Waals surface area contributed by atoms with Gasteiger partial charge in [0, 0.05) is 0 Å². The Morgan fingerprint density at radius 2 is 2.23 bits per heavy atom. The minimum Gasteiger partial charge on any atom is -0.443 e. The topological polar surface area (TPSA) is 77.8 Å². The maximum atomic E-state index is 5.66. The zero-order chi connectivity index (χ0) is 9.26. The van der Waals surface area contributed by atoms with Crippen LogP contribution in [0.5, 0.6) is 0 Å². The van der Waals surface area contributed by atoms with Crippen LogP contribution < -0.4 is 5.73 Å². The highest BCUT2D eigenvalue weighted by Crippen LogP contribution is 2.20. The molecule has 5 nitrogen and oxygen atoms in total. The summed E-state index contributed by atoms with van der Waals surface area (Å²) in [6.07, 6.45) is 4.57. The van der Waals surface area contributed by atoms with Gasteiger partial charge in [-0.05, 0) is 6.92 Å². The largest absolute Gasteiger partial charge is 0.443 e.